The molecule has 4 aliphatic heterocycles. The van der Waals surface area contributed by atoms with Gasteiger partial charge in [0.1, 0.15) is 17.8 Å². The number of carbonyl (C=O) groups is 5. The van der Waals surface area contributed by atoms with Gasteiger partial charge < -0.3 is 38.6 Å². The first-order chi connectivity index (χ1) is 20.5. The molecule has 0 radical (unpaired) electrons. The van der Waals surface area contributed by atoms with E-state index in [-0.39, 0.29) is 30.8 Å². The van der Waals surface area contributed by atoms with E-state index in [1.165, 1.54) is 18.9 Å². The van der Waals surface area contributed by atoms with Gasteiger partial charge in [-0.05, 0) is 47.0 Å². The smallest absolute Gasteiger partial charge is 0.410 e. The molecule has 2 unspecified atom stereocenters. The number of amides is 2. The highest BCUT2D eigenvalue weighted by atomic mass is 16.7. The molecule has 0 aliphatic carbocycles. The lowest BCUT2D eigenvalue weighted by molar-refractivity contribution is -0.284. The maximum absolute atomic E-state index is 14.0. The molecule has 4 saturated heterocycles. The Kier molecular flexibility index (Phi) is 9.73. The van der Waals surface area contributed by atoms with Gasteiger partial charge in [0.2, 0.25) is 0 Å². The molecule has 0 aromatic carbocycles. The molecule has 4 aliphatic rings. The number of carbonyl (C=O) groups excluding carboxylic acids is 5. The van der Waals surface area contributed by atoms with Crippen molar-refractivity contribution in [3.63, 3.8) is 0 Å². The third-order valence-corrected chi connectivity index (χ3v) is 10.3. The molecule has 0 saturated carbocycles. The molecular weight excluding hydrogens is 576 g/mol. The summed E-state index contributed by atoms with van der Waals surface area (Å²) in [5, 5.41) is 2.76. The van der Waals surface area contributed by atoms with Gasteiger partial charge in [-0.3, -0.25) is 14.4 Å². The zero-order chi connectivity index (χ0) is 32.9. The molecule has 44 heavy (non-hydrogen) atoms. The van der Waals surface area contributed by atoms with Crippen molar-refractivity contribution in [1.29, 1.82) is 0 Å². The van der Waals surface area contributed by atoms with E-state index in [9.17, 15) is 24.0 Å². The molecule has 13 nitrogen and oxygen atoms in total. The minimum atomic E-state index is -1.34. The van der Waals surface area contributed by atoms with Gasteiger partial charge in [0.15, 0.2) is 23.8 Å². The van der Waals surface area contributed by atoms with Gasteiger partial charge in [0, 0.05) is 31.9 Å². The topological polar surface area (TPSA) is 156 Å². The van der Waals surface area contributed by atoms with Gasteiger partial charge in [-0.1, -0.05) is 27.7 Å². The van der Waals surface area contributed by atoms with E-state index >= 15 is 0 Å². The fourth-order valence-electron chi connectivity index (χ4n) is 7.50. The third-order valence-electron chi connectivity index (χ3n) is 10.3. The summed E-state index contributed by atoms with van der Waals surface area (Å²) in [6, 6.07) is -1.09. The average molecular weight is 625 g/mol. The van der Waals surface area contributed by atoms with Crippen LogP contribution in [0.15, 0.2) is 0 Å². The van der Waals surface area contributed by atoms with E-state index in [1.54, 1.807) is 48.6 Å². The summed E-state index contributed by atoms with van der Waals surface area (Å²) in [7, 11) is 3.13. The minimum Gasteiger partial charge on any atom is -0.458 e. The van der Waals surface area contributed by atoms with Crippen molar-refractivity contribution in [1.82, 2.24) is 10.2 Å². The number of rotatable bonds is 4. The predicted octanol–water partition coefficient (Wildman–Crippen LogP) is 3.01. The molecule has 1 N–H and O–H groups in total. The Balaban J connectivity index is 1.75. The first-order valence-corrected chi connectivity index (χ1v) is 15.6. The lowest BCUT2D eigenvalue weighted by Gasteiger charge is -2.45. The fourth-order valence-corrected chi connectivity index (χ4v) is 7.50. The second kappa shape index (κ2) is 12.6. The Morgan fingerprint density at radius 1 is 0.977 bits per heavy atom. The van der Waals surface area contributed by atoms with Crippen molar-refractivity contribution in [3.05, 3.63) is 0 Å². The van der Waals surface area contributed by atoms with E-state index in [1.807, 2.05) is 6.92 Å². The maximum Gasteiger partial charge on any atom is 0.410 e. The Morgan fingerprint density at radius 3 is 2.25 bits per heavy atom. The molecule has 0 aromatic rings. The van der Waals surface area contributed by atoms with Crippen LogP contribution in [0.1, 0.15) is 74.7 Å². The molecule has 13 atom stereocenters. The van der Waals surface area contributed by atoms with E-state index in [0.29, 0.717) is 6.42 Å². The average Bonchev–Trinajstić information content (AvgIpc) is 3.45. The lowest BCUT2D eigenvalue weighted by atomic mass is 9.73. The summed E-state index contributed by atoms with van der Waals surface area (Å²) in [6.45, 7) is 13.6. The van der Waals surface area contributed by atoms with Crippen LogP contribution in [0.5, 0.6) is 0 Å². The Bertz CT molecular complexity index is 1160. The van der Waals surface area contributed by atoms with Crippen molar-refractivity contribution in [2.45, 2.75) is 129 Å². The number of fused-ring (bicyclic) bond motifs is 2. The Labute approximate surface area is 258 Å². The monoisotopic (exact) mass is 624 g/mol. The summed E-state index contributed by atoms with van der Waals surface area (Å²) in [5.74, 6) is -4.89. The number of cyclic esters (lactones) is 1. The maximum atomic E-state index is 14.0. The summed E-state index contributed by atoms with van der Waals surface area (Å²) in [6.07, 6.45) is -4.26. The van der Waals surface area contributed by atoms with Crippen molar-refractivity contribution in [3.8, 4) is 0 Å². The minimum absolute atomic E-state index is 0.138. The van der Waals surface area contributed by atoms with E-state index in [0.717, 1.165) is 0 Å². The number of alkyl carbamates (subject to hydrolysis) is 1. The van der Waals surface area contributed by atoms with Crippen LogP contribution in [0.25, 0.3) is 0 Å². The first kappa shape index (κ1) is 34.1. The Hall–Kier alpha value is -2.77. The number of hydrogen-bond donors (Lipinski definition) is 1. The molecule has 0 bridgehead atoms. The molecule has 248 valence electrons. The fraction of sp³-hybridized carbons (Fsp3) is 0.839. The SMILES string of the molecule is CC[C@H]1OC(=O)[C@H](C)C(=O)[C@H](C)[C@@H](OC2O[C@H](C)C[C@H]3C2OC(=O)N3C)[C@](C)(OC)C[C@@H](C)C(=O)[C@H](C)[C@H]2NC(=O)O[C@@]21C. The first-order valence-electron chi connectivity index (χ1n) is 15.6. The third kappa shape index (κ3) is 5.94. The summed E-state index contributed by atoms with van der Waals surface area (Å²) >= 11 is 0. The normalized spacial score (nSPS) is 45.5. The molecular formula is C31H48N2O11. The van der Waals surface area contributed by atoms with Crippen LogP contribution in [0.4, 0.5) is 9.59 Å². The van der Waals surface area contributed by atoms with Crippen LogP contribution >= 0.6 is 0 Å². The number of nitrogens with zero attached hydrogens (tertiary/aromatic N) is 1. The number of ketones is 2. The molecule has 4 rings (SSSR count). The number of methoxy groups -OCH3 is 1. The van der Waals surface area contributed by atoms with Gasteiger partial charge in [0.25, 0.3) is 0 Å². The summed E-state index contributed by atoms with van der Waals surface area (Å²) in [5.41, 5.74) is -2.58. The van der Waals surface area contributed by atoms with Crippen LogP contribution in [0, 0.1) is 23.7 Å². The molecule has 4 fully saturated rings. The zero-order valence-corrected chi connectivity index (χ0v) is 27.4. The van der Waals surface area contributed by atoms with Gasteiger partial charge >= 0.3 is 18.2 Å². The van der Waals surface area contributed by atoms with Gasteiger partial charge in [-0.15, -0.1) is 0 Å². The number of nitrogens with one attached hydrogen (secondary N) is 1. The van der Waals surface area contributed by atoms with Crippen molar-refractivity contribution >= 4 is 29.7 Å². The molecule has 13 heteroatoms. The van der Waals surface area contributed by atoms with Crippen molar-refractivity contribution in [2.24, 2.45) is 23.7 Å². The van der Waals surface area contributed by atoms with Crippen molar-refractivity contribution < 1.29 is 52.4 Å². The summed E-state index contributed by atoms with van der Waals surface area (Å²) in [4.78, 5) is 67.9. The quantitative estimate of drug-likeness (QED) is 0.279. The standard InChI is InChI=1S/C31H48N2O11/c1-11-20-31(8)24(32-28(37)44-31)16(4)21(34)14(2)13-30(7,39-10)25(17(5)22(35)18(6)26(36)41-20)43-27-23-19(12-15(3)40-27)33(9)29(38)42-23/h14-20,23-25,27H,11-13H2,1-10H3,(H,32,37)/t14-,15-,16+,17+,18-,19+,20-,23?,24-,25-,27?,30-,31-/m1/s1. The number of Topliss-reactive ketones (excluding diaryl/α,β-unsaturated/α-hetero) is 2. The predicted molar refractivity (Wildman–Crippen MR) is 154 cm³/mol. The number of likely N-dealkylation sites (N-methyl/N-ethyl adjacent to an activating group) is 1. The van der Waals surface area contributed by atoms with E-state index in [4.69, 9.17) is 28.4 Å². The number of hydrogen-bond acceptors (Lipinski definition) is 11. The van der Waals surface area contributed by atoms with Gasteiger partial charge in [-0.2, -0.15) is 0 Å². The van der Waals surface area contributed by atoms with Gasteiger partial charge in [-0.25, -0.2) is 9.59 Å². The summed E-state index contributed by atoms with van der Waals surface area (Å²) < 4.78 is 35.9. The number of esters is 1. The van der Waals surface area contributed by atoms with Crippen LogP contribution in [0.3, 0.4) is 0 Å². The highest BCUT2D eigenvalue weighted by Crippen LogP contribution is 2.41. The highest BCUT2D eigenvalue weighted by Gasteiger charge is 2.58. The largest absolute Gasteiger partial charge is 0.458 e. The molecule has 0 spiro atoms. The van der Waals surface area contributed by atoms with Gasteiger partial charge in [0.05, 0.1) is 29.9 Å². The van der Waals surface area contributed by atoms with Crippen LogP contribution in [-0.4, -0.2) is 103 Å². The molecule has 0 aromatic heterocycles. The second-order valence-electron chi connectivity index (χ2n) is 13.4. The zero-order valence-electron chi connectivity index (χ0n) is 27.4. The van der Waals surface area contributed by atoms with Crippen LogP contribution in [0.2, 0.25) is 0 Å². The Morgan fingerprint density at radius 2 is 1.64 bits per heavy atom. The molecule has 2 amide bonds. The highest BCUT2D eigenvalue weighted by molar-refractivity contribution is 6.00. The molecule has 4 heterocycles. The van der Waals surface area contributed by atoms with E-state index < -0.39 is 89.5 Å². The second-order valence-corrected chi connectivity index (χ2v) is 13.4. The van der Waals surface area contributed by atoms with Crippen LogP contribution < -0.4 is 5.32 Å². The lowest BCUT2D eigenvalue weighted by Crippen LogP contribution is -2.59. The van der Waals surface area contributed by atoms with Crippen molar-refractivity contribution in [2.75, 3.05) is 14.2 Å². The van der Waals surface area contributed by atoms with Crippen LogP contribution in [-0.2, 0) is 42.8 Å². The number of ether oxygens (including phenoxy) is 6. The van der Waals surface area contributed by atoms with E-state index in [2.05, 4.69) is 5.32 Å².